The van der Waals surface area contributed by atoms with Gasteiger partial charge >= 0.3 is 23.5 Å². The lowest BCUT2D eigenvalue weighted by atomic mass is 9.96. The first-order valence-electron chi connectivity index (χ1n) is 9.32. The first-order chi connectivity index (χ1) is 14.9. The average molecular weight is 573 g/mol. The molecule has 0 spiro atoms. The molecule has 1 aliphatic heterocycles. The molecule has 3 unspecified atom stereocenters. The zero-order chi connectivity index (χ0) is 25.5. The van der Waals surface area contributed by atoms with Crippen molar-refractivity contribution in [1.29, 1.82) is 0 Å². The smallest absolute Gasteiger partial charge is 0.380 e. The van der Waals surface area contributed by atoms with Crippen LogP contribution >= 0.6 is 45.1 Å². The van der Waals surface area contributed by atoms with Crippen molar-refractivity contribution in [2.75, 3.05) is 19.1 Å². The molecule has 5 atom stereocenters. The second-order valence-electron chi connectivity index (χ2n) is 7.25. The van der Waals surface area contributed by atoms with Crippen molar-refractivity contribution < 1.29 is 60.7 Å². The standard InChI is InChI=1S/C13H27BNO13P3S2/c1-4-12(16)15-7-13(2,3)33-32-8-24-9-5-11(14)26-10(9)6-25-30(20,21)28-31(22,23)27-29(17,18)19/h9-11H,4-8H2,1-3H3,(H,15,16)(H,20,21)(H,22,23)(H2,17,18,19)/t9?,10-,11-/m1/s1. The Morgan fingerprint density at radius 1 is 1.18 bits per heavy atom. The molecule has 2 radical (unpaired) electrons. The van der Waals surface area contributed by atoms with Gasteiger partial charge in [-0.2, -0.15) is 8.62 Å². The summed E-state index contributed by atoms with van der Waals surface area (Å²) in [6, 6.07) is -0.761. The maximum Gasteiger partial charge on any atom is 0.490 e. The van der Waals surface area contributed by atoms with Crippen molar-refractivity contribution >= 4 is 58.8 Å². The molecule has 0 aliphatic carbocycles. The first kappa shape index (κ1) is 31.6. The molecule has 0 aromatic carbocycles. The Morgan fingerprint density at radius 2 is 1.82 bits per heavy atom. The predicted molar refractivity (Wildman–Crippen MR) is 121 cm³/mol. The lowest BCUT2D eigenvalue weighted by molar-refractivity contribution is -0.120. The summed E-state index contributed by atoms with van der Waals surface area (Å²) in [5.41, 5.74) is 0. The SMILES string of the molecule is [B][C@H]1CC(OCSSC(C)(C)CNC(=O)CC)[C@@H](COP(=O)(O)OP(=O)(O)OP(=O)(O)O)O1. The Labute approximate surface area is 200 Å². The van der Waals surface area contributed by atoms with E-state index in [1.807, 2.05) is 13.8 Å². The van der Waals surface area contributed by atoms with Gasteiger partial charge in [-0.3, -0.25) is 9.32 Å². The molecule has 14 nitrogen and oxygen atoms in total. The van der Waals surface area contributed by atoms with Gasteiger partial charge in [-0.25, -0.2) is 13.7 Å². The molecular formula is C13H27BNO13P3S2. The highest BCUT2D eigenvalue weighted by Gasteiger charge is 2.42. The second-order valence-corrected chi connectivity index (χ2v) is 14.6. The van der Waals surface area contributed by atoms with E-state index in [0.717, 1.165) is 0 Å². The predicted octanol–water partition coefficient (Wildman–Crippen LogP) is 1.64. The molecule has 1 fully saturated rings. The van der Waals surface area contributed by atoms with Gasteiger partial charge in [-0.15, -0.1) is 0 Å². The molecular weight excluding hydrogens is 546 g/mol. The number of phosphoric ester groups is 1. The van der Waals surface area contributed by atoms with Crippen LogP contribution in [-0.2, 0) is 41.1 Å². The summed E-state index contributed by atoms with van der Waals surface area (Å²) in [7, 11) is -7.80. The van der Waals surface area contributed by atoms with Crippen molar-refractivity contribution in [2.24, 2.45) is 0 Å². The van der Waals surface area contributed by atoms with E-state index in [-0.39, 0.29) is 23.0 Å². The number of nitrogens with one attached hydrogen (secondary N) is 1. The topological polar surface area (TPSA) is 207 Å². The van der Waals surface area contributed by atoms with Crippen molar-refractivity contribution in [1.82, 2.24) is 5.32 Å². The van der Waals surface area contributed by atoms with Gasteiger partial charge in [0.05, 0.1) is 12.7 Å². The highest BCUT2D eigenvalue weighted by molar-refractivity contribution is 8.77. The monoisotopic (exact) mass is 573 g/mol. The number of hydrogen-bond donors (Lipinski definition) is 5. The minimum absolute atomic E-state index is 0.0548. The minimum Gasteiger partial charge on any atom is -0.380 e. The van der Waals surface area contributed by atoms with Crippen LogP contribution in [0.1, 0.15) is 33.6 Å². The largest absolute Gasteiger partial charge is 0.490 e. The van der Waals surface area contributed by atoms with Crippen LogP contribution in [0.2, 0.25) is 0 Å². The van der Waals surface area contributed by atoms with E-state index in [9.17, 15) is 23.4 Å². The Balaban J connectivity index is 2.50. The number of carbonyl (C=O) groups excluding carboxylic acids is 1. The Bertz CT molecular complexity index is 799. The highest BCUT2D eigenvalue weighted by atomic mass is 33.1. The number of amides is 1. The molecule has 33 heavy (non-hydrogen) atoms. The van der Waals surface area contributed by atoms with Gasteiger partial charge in [0.2, 0.25) is 5.91 Å². The third-order valence-corrected chi connectivity index (χ3v) is 10.4. The molecule has 0 bridgehead atoms. The van der Waals surface area contributed by atoms with E-state index in [2.05, 4.69) is 18.5 Å². The molecule has 1 heterocycles. The third-order valence-electron chi connectivity index (χ3n) is 3.69. The maximum absolute atomic E-state index is 11.8. The summed E-state index contributed by atoms with van der Waals surface area (Å²) in [4.78, 5) is 47.2. The average Bonchev–Trinajstić information content (AvgIpc) is 2.98. The van der Waals surface area contributed by atoms with Gasteiger partial charge in [0.1, 0.15) is 19.9 Å². The quantitative estimate of drug-likeness (QED) is 0.0621. The van der Waals surface area contributed by atoms with Crippen LogP contribution in [0.4, 0.5) is 0 Å². The summed E-state index contributed by atoms with van der Waals surface area (Å²) in [6.07, 6.45) is -0.970. The Kier molecular flexibility index (Phi) is 12.6. The zero-order valence-electron chi connectivity index (χ0n) is 18.0. The van der Waals surface area contributed by atoms with Crippen LogP contribution in [0, 0.1) is 0 Å². The molecule has 1 amide bonds. The van der Waals surface area contributed by atoms with Gasteiger partial charge in [0, 0.05) is 23.7 Å². The van der Waals surface area contributed by atoms with Gasteiger partial charge in [0.15, 0.2) is 0 Å². The lowest BCUT2D eigenvalue weighted by Crippen LogP contribution is -2.35. The third kappa shape index (κ3) is 14.0. The van der Waals surface area contributed by atoms with Gasteiger partial charge < -0.3 is 34.4 Å². The van der Waals surface area contributed by atoms with Crippen molar-refractivity contribution in [3.05, 3.63) is 0 Å². The van der Waals surface area contributed by atoms with Crippen LogP contribution in [-0.4, -0.2) is 75.4 Å². The summed E-state index contributed by atoms with van der Waals surface area (Å²) in [5, 5.41) is 2.81. The van der Waals surface area contributed by atoms with Gasteiger partial charge in [-0.05, 0) is 20.3 Å². The van der Waals surface area contributed by atoms with Crippen LogP contribution in [0.3, 0.4) is 0 Å². The van der Waals surface area contributed by atoms with E-state index in [0.29, 0.717) is 13.0 Å². The molecule has 0 saturated carbocycles. The molecule has 1 saturated heterocycles. The molecule has 1 rings (SSSR count). The summed E-state index contributed by atoms with van der Waals surface area (Å²) < 4.78 is 56.5. The molecule has 0 aromatic rings. The van der Waals surface area contributed by atoms with Crippen molar-refractivity contribution in [2.45, 2.75) is 56.6 Å². The van der Waals surface area contributed by atoms with Crippen molar-refractivity contribution in [3.63, 3.8) is 0 Å². The second kappa shape index (κ2) is 13.2. The molecule has 192 valence electrons. The molecule has 5 N–H and O–H groups in total. The molecule has 1 aliphatic rings. The van der Waals surface area contributed by atoms with Crippen LogP contribution in [0.15, 0.2) is 0 Å². The number of ether oxygens (including phenoxy) is 2. The zero-order valence-corrected chi connectivity index (χ0v) is 22.3. The highest BCUT2D eigenvalue weighted by Crippen LogP contribution is 2.66. The summed E-state index contributed by atoms with van der Waals surface area (Å²) >= 11 is 0. The van der Waals surface area contributed by atoms with Gasteiger partial charge in [0.25, 0.3) is 0 Å². The number of hydrogen-bond acceptors (Lipinski definition) is 11. The fraction of sp³-hybridized carbons (Fsp3) is 0.923. The Morgan fingerprint density at radius 3 is 2.39 bits per heavy atom. The minimum atomic E-state index is -5.61. The van der Waals surface area contributed by atoms with E-state index in [1.165, 1.54) is 21.6 Å². The Hall–Kier alpha value is 0.565. The molecule has 0 aromatic heterocycles. The lowest BCUT2D eigenvalue weighted by Gasteiger charge is -2.24. The summed E-state index contributed by atoms with van der Waals surface area (Å²) in [5.74, 6) is 0.128. The fourth-order valence-electron chi connectivity index (χ4n) is 2.31. The molecule has 20 heteroatoms. The van der Waals surface area contributed by atoms with Gasteiger partial charge in [-0.1, -0.05) is 28.5 Å². The van der Waals surface area contributed by atoms with E-state index in [1.54, 1.807) is 6.92 Å². The number of phosphoric acid groups is 3. The van der Waals surface area contributed by atoms with E-state index >= 15 is 0 Å². The number of carbonyl (C=O) groups is 1. The van der Waals surface area contributed by atoms with Crippen LogP contribution in [0.5, 0.6) is 0 Å². The fourth-order valence-corrected chi connectivity index (χ4v) is 7.51. The van der Waals surface area contributed by atoms with Crippen molar-refractivity contribution in [3.8, 4) is 0 Å². The van der Waals surface area contributed by atoms with E-state index < -0.39 is 48.3 Å². The summed E-state index contributed by atoms with van der Waals surface area (Å²) in [6.45, 7) is 5.46. The van der Waals surface area contributed by atoms with Crippen LogP contribution in [0.25, 0.3) is 0 Å². The number of rotatable bonds is 15. The maximum atomic E-state index is 11.8. The normalized spacial score (nSPS) is 25.4. The van der Waals surface area contributed by atoms with E-state index in [4.69, 9.17) is 32.0 Å². The van der Waals surface area contributed by atoms with Crippen LogP contribution < -0.4 is 5.32 Å². The first-order valence-corrected chi connectivity index (χ1v) is 16.2.